The molecular formula is C15H21N3O3. The summed E-state index contributed by atoms with van der Waals surface area (Å²) in [5.74, 6) is 0.411. The number of aldehydes is 1. The van der Waals surface area contributed by atoms with Crippen molar-refractivity contribution in [3.05, 3.63) is 33.9 Å². The zero-order valence-electron chi connectivity index (χ0n) is 12.2. The van der Waals surface area contributed by atoms with Crippen LogP contribution in [0.5, 0.6) is 0 Å². The average molecular weight is 291 g/mol. The van der Waals surface area contributed by atoms with Gasteiger partial charge in [-0.25, -0.2) is 0 Å². The molecule has 0 saturated carbocycles. The van der Waals surface area contributed by atoms with Gasteiger partial charge in [0, 0.05) is 24.7 Å². The lowest BCUT2D eigenvalue weighted by molar-refractivity contribution is -0.384. The number of benzene rings is 1. The number of carbonyl (C=O) groups excluding carboxylic acids is 1. The normalized spacial score (nSPS) is 16.6. The minimum Gasteiger partial charge on any atom is -0.379 e. The summed E-state index contributed by atoms with van der Waals surface area (Å²) in [6.45, 7) is 6.12. The second-order valence-corrected chi connectivity index (χ2v) is 5.65. The van der Waals surface area contributed by atoms with Crippen molar-refractivity contribution in [2.24, 2.45) is 5.92 Å². The third-order valence-electron chi connectivity index (χ3n) is 3.76. The third kappa shape index (κ3) is 4.26. The lowest BCUT2D eigenvalue weighted by Crippen LogP contribution is -2.28. The van der Waals surface area contributed by atoms with Gasteiger partial charge in [0.2, 0.25) is 0 Å². The molecule has 6 nitrogen and oxygen atoms in total. The molecule has 0 spiro atoms. The quantitative estimate of drug-likeness (QED) is 0.474. The number of hydrogen-bond donors (Lipinski definition) is 1. The fourth-order valence-electron chi connectivity index (χ4n) is 2.68. The molecule has 6 heteroatoms. The van der Waals surface area contributed by atoms with Gasteiger partial charge in [0.25, 0.3) is 5.69 Å². The molecule has 0 radical (unpaired) electrons. The van der Waals surface area contributed by atoms with Crippen LogP contribution >= 0.6 is 0 Å². The first-order chi connectivity index (χ1) is 10.1. The Labute approximate surface area is 124 Å². The summed E-state index contributed by atoms with van der Waals surface area (Å²) in [5.41, 5.74) is 0.740. The van der Waals surface area contributed by atoms with E-state index in [1.54, 1.807) is 12.1 Å². The molecular weight excluding hydrogens is 270 g/mol. The van der Waals surface area contributed by atoms with Crippen LogP contribution in [0.4, 0.5) is 11.4 Å². The highest BCUT2D eigenvalue weighted by atomic mass is 16.6. The minimum atomic E-state index is -0.458. The van der Waals surface area contributed by atoms with Crippen LogP contribution < -0.4 is 5.32 Å². The predicted molar refractivity (Wildman–Crippen MR) is 81.8 cm³/mol. The Morgan fingerprint density at radius 1 is 1.43 bits per heavy atom. The molecule has 1 fully saturated rings. The Balaban J connectivity index is 1.95. The van der Waals surface area contributed by atoms with Crippen LogP contribution in [0, 0.1) is 16.0 Å². The van der Waals surface area contributed by atoms with Crippen LogP contribution in [0.15, 0.2) is 18.2 Å². The van der Waals surface area contributed by atoms with Crippen molar-refractivity contribution in [2.45, 2.75) is 19.8 Å². The number of nitro groups is 1. The molecule has 0 aromatic heterocycles. The Hall–Kier alpha value is -1.95. The summed E-state index contributed by atoms with van der Waals surface area (Å²) in [7, 11) is 0. The van der Waals surface area contributed by atoms with Gasteiger partial charge in [-0.3, -0.25) is 14.9 Å². The average Bonchev–Trinajstić information content (AvgIpc) is 2.97. The van der Waals surface area contributed by atoms with Crippen LogP contribution in [-0.4, -0.2) is 42.3 Å². The first-order valence-corrected chi connectivity index (χ1v) is 7.30. The highest BCUT2D eigenvalue weighted by Gasteiger charge is 2.17. The lowest BCUT2D eigenvalue weighted by atomic mass is 10.1. The van der Waals surface area contributed by atoms with Crippen molar-refractivity contribution in [3.8, 4) is 0 Å². The number of nitro benzene ring substituents is 1. The zero-order valence-corrected chi connectivity index (χ0v) is 12.2. The molecule has 1 aromatic rings. The number of hydrogen-bond acceptors (Lipinski definition) is 5. The number of nitrogens with one attached hydrogen (secondary N) is 1. The summed E-state index contributed by atoms with van der Waals surface area (Å²) in [4.78, 5) is 23.7. The molecule has 1 saturated heterocycles. The molecule has 1 aliphatic heterocycles. The van der Waals surface area contributed by atoms with E-state index < -0.39 is 4.92 Å². The maximum Gasteiger partial charge on any atom is 0.293 e. The molecule has 1 unspecified atom stereocenters. The van der Waals surface area contributed by atoms with E-state index in [2.05, 4.69) is 17.1 Å². The Morgan fingerprint density at radius 2 is 2.14 bits per heavy atom. The Morgan fingerprint density at radius 3 is 2.76 bits per heavy atom. The minimum absolute atomic E-state index is 0.0482. The summed E-state index contributed by atoms with van der Waals surface area (Å²) in [6, 6.07) is 4.50. The molecule has 1 aromatic carbocycles. The van der Waals surface area contributed by atoms with Gasteiger partial charge in [0.15, 0.2) is 0 Å². The number of likely N-dealkylation sites (tertiary alicyclic amines) is 1. The van der Waals surface area contributed by atoms with E-state index in [9.17, 15) is 14.9 Å². The van der Waals surface area contributed by atoms with Gasteiger partial charge in [-0.05, 0) is 44.0 Å². The second-order valence-electron chi connectivity index (χ2n) is 5.65. The SMILES string of the molecule is CC(CNc1ccc(C=O)cc1[N+](=O)[O-])CN1CCCC1. The van der Waals surface area contributed by atoms with Crippen molar-refractivity contribution in [1.29, 1.82) is 0 Å². The van der Waals surface area contributed by atoms with E-state index in [1.165, 1.54) is 18.9 Å². The lowest BCUT2D eigenvalue weighted by Gasteiger charge is -2.20. The highest BCUT2D eigenvalue weighted by Crippen LogP contribution is 2.25. The van der Waals surface area contributed by atoms with Crippen molar-refractivity contribution < 1.29 is 9.72 Å². The van der Waals surface area contributed by atoms with E-state index in [4.69, 9.17) is 0 Å². The molecule has 1 atom stereocenters. The number of rotatable bonds is 7. The fraction of sp³-hybridized carbons (Fsp3) is 0.533. The van der Waals surface area contributed by atoms with Crippen molar-refractivity contribution >= 4 is 17.7 Å². The Kier molecular flexibility index (Phi) is 5.27. The van der Waals surface area contributed by atoms with Gasteiger partial charge in [-0.1, -0.05) is 6.92 Å². The molecule has 0 amide bonds. The Bertz CT molecular complexity index is 513. The molecule has 1 N–H and O–H groups in total. The van der Waals surface area contributed by atoms with E-state index in [0.29, 0.717) is 30.0 Å². The third-order valence-corrected chi connectivity index (χ3v) is 3.76. The molecule has 2 rings (SSSR count). The van der Waals surface area contributed by atoms with E-state index in [-0.39, 0.29) is 5.69 Å². The monoisotopic (exact) mass is 291 g/mol. The van der Waals surface area contributed by atoms with Crippen LogP contribution in [-0.2, 0) is 0 Å². The van der Waals surface area contributed by atoms with Crippen LogP contribution in [0.2, 0.25) is 0 Å². The molecule has 0 bridgehead atoms. The summed E-state index contributed by atoms with van der Waals surface area (Å²) in [6.07, 6.45) is 3.14. The highest BCUT2D eigenvalue weighted by molar-refractivity contribution is 5.79. The van der Waals surface area contributed by atoms with E-state index >= 15 is 0 Å². The van der Waals surface area contributed by atoms with Gasteiger partial charge >= 0.3 is 0 Å². The maximum absolute atomic E-state index is 11.1. The second kappa shape index (κ2) is 7.17. The summed E-state index contributed by atoms with van der Waals surface area (Å²) >= 11 is 0. The smallest absolute Gasteiger partial charge is 0.293 e. The van der Waals surface area contributed by atoms with Gasteiger partial charge in [-0.2, -0.15) is 0 Å². The van der Waals surface area contributed by atoms with Gasteiger partial charge in [0.1, 0.15) is 12.0 Å². The van der Waals surface area contributed by atoms with Crippen LogP contribution in [0.1, 0.15) is 30.1 Å². The fourth-order valence-corrected chi connectivity index (χ4v) is 2.68. The summed E-state index contributed by atoms with van der Waals surface area (Å²) in [5, 5.41) is 14.2. The predicted octanol–water partition coefficient (Wildman–Crippen LogP) is 2.55. The summed E-state index contributed by atoms with van der Waals surface area (Å²) < 4.78 is 0. The first-order valence-electron chi connectivity index (χ1n) is 7.30. The molecule has 0 aliphatic carbocycles. The molecule has 21 heavy (non-hydrogen) atoms. The number of nitrogens with zero attached hydrogens (tertiary/aromatic N) is 2. The van der Waals surface area contributed by atoms with E-state index in [0.717, 1.165) is 19.6 Å². The van der Waals surface area contributed by atoms with Crippen molar-refractivity contribution in [3.63, 3.8) is 0 Å². The standard InChI is InChI=1S/C15H21N3O3/c1-12(10-17-6-2-3-7-17)9-16-14-5-4-13(11-19)8-15(14)18(20)21/h4-5,8,11-12,16H,2-3,6-7,9-10H2,1H3. The van der Waals surface area contributed by atoms with Crippen molar-refractivity contribution in [1.82, 2.24) is 4.90 Å². The van der Waals surface area contributed by atoms with Gasteiger partial charge in [0.05, 0.1) is 4.92 Å². The molecule has 1 heterocycles. The first kappa shape index (κ1) is 15.4. The maximum atomic E-state index is 11.1. The number of carbonyl (C=O) groups is 1. The molecule has 1 aliphatic rings. The zero-order chi connectivity index (χ0) is 15.2. The molecule has 114 valence electrons. The van der Waals surface area contributed by atoms with Crippen LogP contribution in [0.3, 0.4) is 0 Å². The van der Waals surface area contributed by atoms with Gasteiger partial charge < -0.3 is 10.2 Å². The van der Waals surface area contributed by atoms with Gasteiger partial charge in [-0.15, -0.1) is 0 Å². The van der Waals surface area contributed by atoms with E-state index in [1.807, 2.05) is 0 Å². The van der Waals surface area contributed by atoms with Crippen LogP contribution in [0.25, 0.3) is 0 Å². The van der Waals surface area contributed by atoms with Crippen molar-refractivity contribution in [2.75, 3.05) is 31.5 Å². The largest absolute Gasteiger partial charge is 0.379 e. The topological polar surface area (TPSA) is 75.5 Å². The number of anilines is 1.